The molecule has 0 aliphatic heterocycles. The summed E-state index contributed by atoms with van der Waals surface area (Å²) in [6, 6.07) is 24.7. The number of aromatic nitrogens is 3. The van der Waals surface area contributed by atoms with Crippen molar-refractivity contribution in [1.82, 2.24) is 14.5 Å². The van der Waals surface area contributed by atoms with Gasteiger partial charge in [0.1, 0.15) is 24.3 Å². The summed E-state index contributed by atoms with van der Waals surface area (Å²) < 4.78 is 13.6. The molecule has 5 aromatic rings. The second-order valence-corrected chi connectivity index (χ2v) is 8.61. The summed E-state index contributed by atoms with van der Waals surface area (Å²) in [5.74, 6) is 1.29. The third kappa shape index (κ3) is 5.96. The van der Waals surface area contributed by atoms with Crippen LogP contribution in [-0.2, 0) is 19.6 Å². The molecule has 6 heteroatoms. The van der Waals surface area contributed by atoms with Gasteiger partial charge in [-0.1, -0.05) is 54.6 Å². The van der Waals surface area contributed by atoms with Crippen molar-refractivity contribution in [3.8, 4) is 17.2 Å². The molecule has 0 N–H and O–H groups in total. The predicted molar refractivity (Wildman–Crippen MR) is 138 cm³/mol. The zero-order chi connectivity index (χ0) is 24.6. The summed E-state index contributed by atoms with van der Waals surface area (Å²) in [5.41, 5.74) is 4.10. The van der Waals surface area contributed by atoms with Crippen molar-refractivity contribution < 1.29 is 13.9 Å². The van der Waals surface area contributed by atoms with Crippen LogP contribution in [0.5, 0.6) is 5.75 Å². The van der Waals surface area contributed by atoms with Crippen LogP contribution in [0.4, 0.5) is 0 Å². The summed E-state index contributed by atoms with van der Waals surface area (Å²) in [7, 11) is 0. The number of aryl methyl sites for hydroxylation is 2. The number of ketones is 1. The molecule has 0 atom stereocenters. The van der Waals surface area contributed by atoms with Crippen LogP contribution in [0.15, 0.2) is 108 Å². The number of oxazole rings is 1. The van der Waals surface area contributed by atoms with Crippen LogP contribution in [0, 0.1) is 0 Å². The quantitative estimate of drug-likeness (QED) is 0.163. The molecule has 0 bridgehead atoms. The number of rotatable bonds is 11. The Hall–Kier alpha value is -4.45. The molecule has 0 fully saturated rings. The van der Waals surface area contributed by atoms with Gasteiger partial charge in [0, 0.05) is 35.6 Å². The van der Waals surface area contributed by atoms with Crippen molar-refractivity contribution in [2.24, 2.45) is 0 Å². The van der Waals surface area contributed by atoms with Crippen LogP contribution in [0.1, 0.15) is 40.0 Å². The van der Waals surface area contributed by atoms with Crippen molar-refractivity contribution in [1.29, 1.82) is 0 Å². The van der Waals surface area contributed by atoms with E-state index in [4.69, 9.17) is 9.15 Å². The molecule has 5 rings (SSSR count). The van der Waals surface area contributed by atoms with Gasteiger partial charge in [0.15, 0.2) is 5.78 Å². The number of imidazole rings is 1. The fourth-order valence-corrected chi connectivity index (χ4v) is 3.98. The number of carbonyl (C=O) groups is 1. The molecule has 0 saturated carbocycles. The van der Waals surface area contributed by atoms with Gasteiger partial charge in [-0.25, -0.2) is 9.97 Å². The monoisotopic (exact) mass is 477 g/mol. The van der Waals surface area contributed by atoms with E-state index in [2.05, 4.69) is 26.7 Å². The lowest BCUT2D eigenvalue weighted by Crippen LogP contribution is -2.00. The Morgan fingerprint density at radius 2 is 1.67 bits per heavy atom. The number of unbranched alkanes of at least 4 members (excludes halogenated alkanes) is 1. The van der Waals surface area contributed by atoms with Crippen LogP contribution < -0.4 is 4.74 Å². The first kappa shape index (κ1) is 23.3. The molecule has 0 spiro atoms. The van der Waals surface area contributed by atoms with E-state index < -0.39 is 0 Å². The van der Waals surface area contributed by atoms with Crippen LogP contribution >= 0.6 is 0 Å². The Balaban J connectivity index is 1.10. The van der Waals surface area contributed by atoms with Crippen LogP contribution in [0.2, 0.25) is 0 Å². The number of carbonyl (C=O) groups excluding carboxylic acids is 1. The van der Waals surface area contributed by atoms with Crippen LogP contribution in [0.3, 0.4) is 0 Å². The Bertz CT molecular complexity index is 1370. The summed E-state index contributed by atoms with van der Waals surface area (Å²) in [5, 5.41) is 0. The number of nitrogens with zero attached hydrogens (tertiary/aromatic N) is 3. The highest BCUT2D eigenvalue weighted by Crippen LogP contribution is 2.22. The third-order valence-corrected chi connectivity index (χ3v) is 5.98. The van der Waals surface area contributed by atoms with Gasteiger partial charge in [0.25, 0.3) is 0 Å². The lowest BCUT2D eigenvalue weighted by molar-refractivity contribution is 0.103. The summed E-state index contributed by atoms with van der Waals surface area (Å²) >= 11 is 0. The Morgan fingerprint density at radius 1 is 0.889 bits per heavy atom. The van der Waals surface area contributed by atoms with Gasteiger partial charge in [-0.3, -0.25) is 4.79 Å². The second kappa shape index (κ2) is 11.3. The molecule has 3 aromatic carbocycles. The van der Waals surface area contributed by atoms with Gasteiger partial charge in [0.05, 0.1) is 6.33 Å². The van der Waals surface area contributed by atoms with Crippen molar-refractivity contribution in [3.05, 3.63) is 126 Å². The summed E-state index contributed by atoms with van der Waals surface area (Å²) in [4.78, 5) is 21.2. The highest BCUT2D eigenvalue weighted by atomic mass is 16.5. The fraction of sp³-hybridized carbons (Fsp3) is 0.167. The maximum Gasteiger partial charge on any atom is 0.226 e. The van der Waals surface area contributed by atoms with Crippen molar-refractivity contribution in [2.45, 2.75) is 32.4 Å². The molecule has 2 aromatic heterocycles. The van der Waals surface area contributed by atoms with Crippen molar-refractivity contribution in [2.75, 3.05) is 0 Å². The molecular formula is C30H27N3O3. The Kier molecular flexibility index (Phi) is 7.32. The smallest absolute Gasteiger partial charge is 0.226 e. The lowest BCUT2D eigenvalue weighted by Gasteiger charge is -2.06. The number of hydrogen-bond donors (Lipinski definition) is 0. The van der Waals surface area contributed by atoms with E-state index in [1.165, 1.54) is 5.56 Å². The number of benzene rings is 3. The van der Waals surface area contributed by atoms with Gasteiger partial charge >= 0.3 is 0 Å². The van der Waals surface area contributed by atoms with E-state index in [0.717, 1.165) is 37.1 Å². The molecule has 2 heterocycles. The molecule has 0 radical (unpaired) electrons. The van der Waals surface area contributed by atoms with E-state index in [-0.39, 0.29) is 5.78 Å². The van der Waals surface area contributed by atoms with Gasteiger partial charge in [-0.15, -0.1) is 0 Å². The first-order chi connectivity index (χ1) is 17.7. The Morgan fingerprint density at radius 3 is 2.42 bits per heavy atom. The highest BCUT2D eigenvalue weighted by molar-refractivity contribution is 6.09. The van der Waals surface area contributed by atoms with E-state index in [1.54, 1.807) is 18.4 Å². The van der Waals surface area contributed by atoms with Crippen LogP contribution in [-0.4, -0.2) is 20.3 Å². The van der Waals surface area contributed by atoms with Gasteiger partial charge in [-0.2, -0.15) is 0 Å². The molecule has 0 aliphatic carbocycles. The van der Waals surface area contributed by atoms with E-state index in [1.807, 2.05) is 73.3 Å². The zero-order valence-corrected chi connectivity index (χ0v) is 19.9. The molecule has 36 heavy (non-hydrogen) atoms. The minimum atomic E-state index is -0.0101. The minimum absolute atomic E-state index is 0.0101. The average molecular weight is 478 g/mol. The zero-order valence-electron chi connectivity index (χ0n) is 19.9. The van der Waals surface area contributed by atoms with E-state index in [9.17, 15) is 4.79 Å². The standard InChI is InChI=1S/C30H27N3O3/c34-29(24-7-2-1-3-8-24)25-11-13-26(14-12-25)30-32-27(21-36-30)20-35-28-15-9-23(10-16-28)6-4-5-18-33-19-17-31-22-33/h1-3,7-17,19,21-22H,4-6,18,20H2. The lowest BCUT2D eigenvalue weighted by atomic mass is 10.0. The number of hydrogen-bond acceptors (Lipinski definition) is 5. The van der Waals surface area contributed by atoms with Crippen molar-refractivity contribution in [3.63, 3.8) is 0 Å². The molecular weight excluding hydrogens is 450 g/mol. The second-order valence-electron chi connectivity index (χ2n) is 8.61. The van der Waals surface area contributed by atoms with Crippen LogP contribution in [0.25, 0.3) is 11.5 Å². The van der Waals surface area contributed by atoms with Gasteiger partial charge in [0.2, 0.25) is 5.89 Å². The van der Waals surface area contributed by atoms with E-state index >= 15 is 0 Å². The molecule has 0 saturated heterocycles. The number of ether oxygens (including phenoxy) is 1. The maximum absolute atomic E-state index is 12.6. The average Bonchev–Trinajstić information content (AvgIpc) is 3.63. The molecule has 0 unspecified atom stereocenters. The van der Waals surface area contributed by atoms with Crippen molar-refractivity contribution >= 4 is 5.78 Å². The molecule has 6 nitrogen and oxygen atoms in total. The largest absolute Gasteiger partial charge is 0.487 e. The molecule has 0 amide bonds. The van der Waals surface area contributed by atoms with Gasteiger partial charge < -0.3 is 13.7 Å². The SMILES string of the molecule is O=C(c1ccccc1)c1ccc(-c2nc(COc3ccc(CCCCn4ccnc4)cc3)co2)cc1. The first-order valence-electron chi connectivity index (χ1n) is 12.1. The fourth-order valence-electron chi connectivity index (χ4n) is 3.98. The maximum atomic E-state index is 12.6. The third-order valence-electron chi connectivity index (χ3n) is 5.98. The normalized spacial score (nSPS) is 10.9. The summed E-state index contributed by atoms with van der Waals surface area (Å²) in [6.07, 6.45) is 10.6. The predicted octanol–water partition coefficient (Wildman–Crippen LogP) is 6.37. The highest BCUT2D eigenvalue weighted by Gasteiger charge is 2.11. The molecule has 180 valence electrons. The summed E-state index contributed by atoms with van der Waals surface area (Å²) in [6.45, 7) is 1.31. The van der Waals surface area contributed by atoms with E-state index in [0.29, 0.717) is 29.3 Å². The molecule has 0 aliphatic rings. The first-order valence-corrected chi connectivity index (χ1v) is 12.1. The minimum Gasteiger partial charge on any atom is -0.487 e. The topological polar surface area (TPSA) is 70.2 Å². The Labute approximate surface area is 210 Å². The van der Waals surface area contributed by atoms with Gasteiger partial charge in [-0.05, 0) is 49.1 Å².